The van der Waals surface area contributed by atoms with Crippen LogP contribution in [0.15, 0.2) is 18.2 Å². The fourth-order valence-electron chi connectivity index (χ4n) is 1.13. The Morgan fingerprint density at radius 3 is 2.38 bits per heavy atom. The molecule has 0 saturated carbocycles. The average molecular weight is 340 g/mol. The van der Waals surface area contributed by atoms with Crippen molar-refractivity contribution >= 4 is 5.69 Å². The molecule has 0 heterocycles. The monoisotopic (exact) mass is 340 g/mol. The van der Waals surface area contributed by atoms with Crippen LogP contribution in [0, 0.1) is 30.0 Å². The second-order valence-electron chi connectivity index (χ2n) is 2.74. The molecule has 13 heavy (non-hydrogen) atoms. The molecular formula is C11H10NW-. The van der Waals surface area contributed by atoms with Gasteiger partial charge < -0.3 is 0 Å². The van der Waals surface area contributed by atoms with Crippen molar-refractivity contribution in [3.63, 3.8) is 0 Å². The Labute approximate surface area is 89.6 Å². The Bertz CT molecular complexity index is 384. The molecule has 0 radical (unpaired) electrons. The average Bonchev–Trinajstić information content (AvgIpc) is 2.10. The molecule has 0 atom stereocenters. The quantitative estimate of drug-likeness (QED) is 0.611. The van der Waals surface area contributed by atoms with Crippen molar-refractivity contribution in [3.05, 3.63) is 29.3 Å². The van der Waals surface area contributed by atoms with Crippen molar-refractivity contribution in [2.75, 3.05) is 5.32 Å². The molecule has 0 unspecified atom stereocenters. The Morgan fingerprint density at radius 2 is 1.85 bits per heavy atom. The first kappa shape index (κ1) is 10.1. The van der Waals surface area contributed by atoms with Gasteiger partial charge in [-0.1, -0.05) is 0 Å². The molecule has 0 saturated heterocycles. The number of hydrogen-bond acceptors (Lipinski definition) is 1. The summed E-state index contributed by atoms with van der Waals surface area (Å²) in [6.07, 6.45) is 0. The SMILES string of the molecule is Cc1cccc(C)c1NC#C[C]#[W-]. The summed E-state index contributed by atoms with van der Waals surface area (Å²) >= 11 is 1.26. The molecule has 0 bridgehead atoms. The number of rotatable bonds is 1. The number of para-hydroxylation sites is 1. The van der Waals surface area contributed by atoms with Crippen molar-refractivity contribution in [1.29, 1.82) is 0 Å². The third-order valence-electron chi connectivity index (χ3n) is 1.78. The predicted octanol–water partition coefficient (Wildman–Crippen LogP) is 2.18. The van der Waals surface area contributed by atoms with Gasteiger partial charge in [0.15, 0.2) is 0 Å². The zero-order chi connectivity index (χ0) is 9.68. The third kappa shape index (κ3) is 2.78. The van der Waals surface area contributed by atoms with E-state index >= 15 is 0 Å². The van der Waals surface area contributed by atoms with Crippen LogP contribution in [0.2, 0.25) is 0 Å². The van der Waals surface area contributed by atoms with Crippen LogP contribution in [0.3, 0.4) is 0 Å². The van der Waals surface area contributed by atoms with Crippen molar-refractivity contribution in [1.82, 2.24) is 0 Å². The summed E-state index contributed by atoms with van der Waals surface area (Å²) in [6.45, 7) is 4.14. The minimum atomic E-state index is 1.11. The second kappa shape index (κ2) is 4.93. The summed E-state index contributed by atoms with van der Waals surface area (Å²) in [6, 6.07) is 9.03. The van der Waals surface area contributed by atoms with E-state index in [-0.39, 0.29) is 0 Å². The van der Waals surface area contributed by atoms with E-state index < -0.39 is 0 Å². The molecule has 0 aromatic heterocycles. The van der Waals surface area contributed by atoms with Gasteiger partial charge in [0.25, 0.3) is 0 Å². The molecule has 1 rings (SSSR count). The van der Waals surface area contributed by atoms with Crippen molar-refractivity contribution in [2.45, 2.75) is 13.8 Å². The third-order valence-corrected chi connectivity index (χ3v) is 2.15. The van der Waals surface area contributed by atoms with Gasteiger partial charge in [-0.2, -0.15) is 0 Å². The van der Waals surface area contributed by atoms with Gasteiger partial charge in [-0.3, -0.25) is 0 Å². The van der Waals surface area contributed by atoms with E-state index in [4.69, 9.17) is 0 Å². The van der Waals surface area contributed by atoms with Gasteiger partial charge >= 0.3 is 89.5 Å². The maximum absolute atomic E-state index is 3.07. The minimum absolute atomic E-state index is 1.11. The van der Waals surface area contributed by atoms with E-state index in [1.165, 1.54) is 30.3 Å². The molecule has 0 spiro atoms. The number of aryl methyl sites for hydroxylation is 2. The van der Waals surface area contributed by atoms with E-state index in [1.807, 2.05) is 6.07 Å². The Morgan fingerprint density at radius 1 is 1.23 bits per heavy atom. The predicted molar refractivity (Wildman–Crippen MR) is 51.2 cm³/mol. The summed E-state index contributed by atoms with van der Waals surface area (Å²) < 4.78 is 2.84. The van der Waals surface area contributed by atoms with Crippen LogP contribution in [0.1, 0.15) is 11.1 Å². The zero-order valence-electron chi connectivity index (χ0n) is 7.64. The van der Waals surface area contributed by atoms with Gasteiger partial charge in [0.2, 0.25) is 0 Å². The van der Waals surface area contributed by atoms with Crippen LogP contribution >= 0.6 is 0 Å². The summed E-state index contributed by atoms with van der Waals surface area (Å²) in [4.78, 5) is 0. The first-order chi connectivity index (χ1) is 6.25. The van der Waals surface area contributed by atoms with Crippen LogP contribution in [0.25, 0.3) is 0 Å². The summed E-state index contributed by atoms with van der Waals surface area (Å²) in [7, 11) is 0. The zero-order valence-corrected chi connectivity index (χ0v) is 10.6. The van der Waals surface area contributed by atoms with E-state index in [0.717, 1.165) is 5.69 Å². The number of anilines is 1. The van der Waals surface area contributed by atoms with Gasteiger partial charge in [-0.15, -0.1) is 0 Å². The Hall–Kier alpha value is -0.952. The number of nitrogens with one attached hydrogen (secondary N) is 1. The van der Waals surface area contributed by atoms with Crippen LogP contribution in [0.4, 0.5) is 5.69 Å². The van der Waals surface area contributed by atoms with Crippen LogP contribution < -0.4 is 5.32 Å². The van der Waals surface area contributed by atoms with E-state index in [0.29, 0.717) is 0 Å². The van der Waals surface area contributed by atoms with Gasteiger partial charge in [-0.05, 0) is 0 Å². The molecule has 0 amide bonds. The summed E-state index contributed by atoms with van der Waals surface area (Å²) in [5.41, 5.74) is 3.55. The van der Waals surface area contributed by atoms with Gasteiger partial charge in [0.05, 0.1) is 0 Å². The maximum atomic E-state index is 3.07. The molecule has 0 aliphatic rings. The molecule has 0 aliphatic carbocycles. The summed E-state index contributed by atoms with van der Waals surface area (Å²) in [5.74, 6) is 2.78. The van der Waals surface area contributed by atoms with Crippen molar-refractivity contribution in [3.8, 4) is 16.2 Å². The molecule has 0 aliphatic heterocycles. The molecular weight excluding hydrogens is 330 g/mol. The van der Waals surface area contributed by atoms with E-state index in [2.05, 4.69) is 47.5 Å². The fourth-order valence-corrected chi connectivity index (χ4v) is 1.31. The first-order valence-electron chi connectivity index (χ1n) is 3.95. The molecule has 1 aromatic carbocycles. The van der Waals surface area contributed by atoms with Crippen molar-refractivity contribution < 1.29 is 19.2 Å². The van der Waals surface area contributed by atoms with E-state index in [9.17, 15) is 0 Å². The molecule has 1 N–H and O–H groups in total. The molecule has 1 nitrogen and oxygen atoms in total. The molecule has 1 aromatic rings. The molecule has 0 fully saturated rings. The topological polar surface area (TPSA) is 12.0 Å². The molecule has 66 valence electrons. The fraction of sp³-hybridized carbons (Fsp3) is 0.182. The molecule has 2 heteroatoms. The summed E-state index contributed by atoms with van der Waals surface area (Å²) in [5, 5.41) is 3.07. The van der Waals surface area contributed by atoms with E-state index in [1.54, 1.807) is 0 Å². The van der Waals surface area contributed by atoms with Crippen molar-refractivity contribution in [2.24, 2.45) is 0 Å². The van der Waals surface area contributed by atoms with Crippen LogP contribution in [-0.2, 0) is 19.2 Å². The second-order valence-corrected chi connectivity index (χ2v) is 3.48. The van der Waals surface area contributed by atoms with Gasteiger partial charge in [0.1, 0.15) is 0 Å². The Balaban J connectivity index is 2.95. The number of hydrogen-bond donors (Lipinski definition) is 1. The number of benzene rings is 1. The standard InChI is InChI=1S/C11H10N.W/c1-4-8-12-11-9(2)6-5-7-10(11)3;/h5-7,12H,2-3H3;/q;-1. The van der Waals surface area contributed by atoms with Gasteiger partial charge in [0, 0.05) is 0 Å². The normalized spacial score (nSPS) is 8.15. The van der Waals surface area contributed by atoms with Crippen LogP contribution in [-0.4, -0.2) is 0 Å². The Kier molecular flexibility index (Phi) is 3.84. The van der Waals surface area contributed by atoms with Gasteiger partial charge in [-0.25, -0.2) is 0 Å². The first-order valence-corrected chi connectivity index (χ1v) is 5.41. The van der Waals surface area contributed by atoms with Crippen LogP contribution in [0.5, 0.6) is 0 Å².